The number of hydrogen-bond acceptors (Lipinski definition) is 3. The van der Waals surface area contributed by atoms with Crippen LogP contribution >= 0.6 is 0 Å². The van der Waals surface area contributed by atoms with E-state index in [1.807, 2.05) is 24.3 Å². The fourth-order valence-electron chi connectivity index (χ4n) is 4.06. The molecule has 0 radical (unpaired) electrons. The molecule has 4 rings (SSSR count). The van der Waals surface area contributed by atoms with Crippen LogP contribution in [0, 0.1) is 11.6 Å². The van der Waals surface area contributed by atoms with Gasteiger partial charge in [-0.25, -0.2) is 13.6 Å². The van der Waals surface area contributed by atoms with Crippen molar-refractivity contribution >= 4 is 22.8 Å². The molecule has 1 N–H and O–H groups in total. The van der Waals surface area contributed by atoms with Crippen molar-refractivity contribution in [2.75, 3.05) is 0 Å². The number of carboxylic acid groups (broad SMARTS) is 1. The highest BCUT2D eigenvalue weighted by atomic mass is 19.1. The third-order valence-corrected chi connectivity index (χ3v) is 5.71. The Balaban J connectivity index is 1.79. The summed E-state index contributed by atoms with van der Waals surface area (Å²) < 4.78 is 28.3. The van der Waals surface area contributed by atoms with Crippen LogP contribution in [-0.2, 0) is 6.54 Å². The summed E-state index contributed by atoms with van der Waals surface area (Å²) in [6.07, 6.45) is 1.83. The van der Waals surface area contributed by atoms with E-state index in [0.717, 1.165) is 23.0 Å². The lowest BCUT2D eigenvalue weighted by atomic mass is 9.99. The summed E-state index contributed by atoms with van der Waals surface area (Å²) in [5.41, 5.74) is 1.88. The van der Waals surface area contributed by atoms with Crippen LogP contribution in [0.25, 0.3) is 10.9 Å². The minimum absolute atomic E-state index is 0.0299. The number of pyridine rings is 1. The molecule has 0 fully saturated rings. The highest BCUT2D eigenvalue weighted by molar-refractivity contribution is 5.97. The van der Waals surface area contributed by atoms with Gasteiger partial charge in [0.1, 0.15) is 11.6 Å². The number of aromatic nitrogens is 1. The first-order valence-corrected chi connectivity index (χ1v) is 10.8. The quantitative estimate of drug-likeness (QED) is 0.367. The van der Waals surface area contributed by atoms with Gasteiger partial charge in [0.25, 0.3) is 5.91 Å². The molecule has 172 valence electrons. The van der Waals surface area contributed by atoms with Gasteiger partial charge in [0.15, 0.2) is 0 Å². The maximum atomic E-state index is 14.8. The summed E-state index contributed by atoms with van der Waals surface area (Å²) in [6.45, 7) is 1.84. The highest BCUT2D eigenvalue weighted by Gasteiger charge is 2.28. The number of aromatic carboxylic acids is 1. The Labute approximate surface area is 195 Å². The molecule has 0 saturated carbocycles. The van der Waals surface area contributed by atoms with E-state index in [2.05, 4.69) is 4.98 Å². The molecular formula is C27H22F2N2O3. The molecule has 0 aliphatic rings. The zero-order chi connectivity index (χ0) is 24.2. The normalized spacial score (nSPS) is 11.9. The average Bonchev–Trinajstić information content (AvgIpc) is 2.84. The number of hydrogen-bond donors (Lipinski definition) is 1. The number of fused-ring (bicyclic) bond motifs is 1. The first-order chi connectivity index (χ1) is 16.4. The maximum Gasteiger partial charge on any atom is 0.335 e. The minimum Gasteiger partial charge on any atom is -0.478 e. The third-order valence-electron chi connectivity index (χ3n) is 5.71. The standard InChI is InChI=1S/C27H22F2N2O3/c1-2-25(22-11-10-21(28)14-23(22)29)31(16-17-6-5-8-19(12-17)27(33)34)26(32)20-13-18-7-3-4-9-24(18)30-15-20/h3-15,25H,2,16H2,1H3,(H,33,34)/t25-/m1/s1. The first kappa shape index (κ1) is 23.0. The van der Waals surface area contributed by atoms with Crippen molar-refractivity contribution in [2.45, 2.75) is 25.9 Å². The molecule has 1 heterocycles. The van der Waals surface area contributed by atoms with Crippen LogP contribution in [0.4, 0.5) is 8.78 Å². The molecule has 3 aromatic carbocycles. The molecular weight excluding hydrogens is 438 g/mol. The second kappa shape index (κ2) is 9.79. The van der Waals surface area contributed by atoms with Gasteiger partial charge in [-0.1, -0.05) is 43.3 Å². The fourth-order valence-corrected chi connectivity index (χ4v) is 4.06. The number of rotatable bonds is 7. The summed E-state index contributed by atoms with van der Waals surface area (Å²) in [7, 11) is 0. The molecule has 0 bridgehead atoms. The summed E-state index contributed by atoms with van der Waals surface area (Å²) in [6, 6.07) is 17.9. The van der Waals surface area contributed by atoms with Gasteiger partial charge in [-0.2, -0.15) is 0 Å². The Morgan fingerprint density at radius 2 is 1.76 bits per heavy atom. The monoisotopic (exact) mass is 460 g/mol. The molecule has 0 aliphatic carbocycles. The van der Waals surface area contributed by atoms with Gasteiger partial charge >= 0.3 is 5.97 Å². The molecule has 0 saturated heterocycles. The Hall–Kier alpha value is -4.13. The van der Waals surface area contributed by atoms with E-state index in [0.29, 0.717) is 17.5 Å². The van der Waals surface area contributed by atoms with E-state index in [1.165, 1.54) is 29.3 Å². The summed E-state index contributed by atoms with van der Waals surface area (Å²) >= 11 is 0. The van der Waals surface area contributed by atoms with Gasteiger partial charge in [-0.3, -0.25) is 9.78 Å². The molecule has 7 heteroatoms. The molecule has 0 spiro atoms. The topological polar surface area (TPSA) is 70.5 Å². The van der Waals surface area contributed by atoms with Crippen LogP contribution in [-0.4, -0.2) is 26.9 Å². The number of carbonyl (C=O) groups is 2. The van der Waals surface area contributed by atoms with Crippen molar-refractivity contribution < 1.29 is 23.5 Å². The lowest BCUT2D eigenvalue weighted by Gasteiger charge is -2.32. The van der Waals surface area contributed by atoms with Gasteiger partial charge in [-0.15, -0.1) is 0 Å². The van der Waals surface area contributed by atoms with Crippen molar-refractivity contribution in [2.24, 2.45) is 0 Å². The third kappa shape index (κ3) is 4.78. The second-order valence-electron chi connectivity index (χ2n) is 7.95. The predicted octanol–water partition coefficient (Wildman–Crippen LogP) is 6.00. The van der Waals surface area contributed by atoms with Crippen molar-refractivity contribution in [3.05, 3.63) is 113 Å². The maximum absolute atomic E-state index is 14.8. The van der Waals surface area contributed by atoms with Gasteiger partial charge < -0.3 is 10.0 Å². The Bertz CT molecular complexity index is 1370. The lowest BCUT2D eigenvalue weighted by molar-refractivity contribution is 0.0648. The van der Waals surface area contributed by atoms with Gasteiger partial charge in [0.2, 0.25) is 0 Å². The molecule has 4 aromatic rings. The van der Waals surface area contributed by atoms with Gasteiger partial charge in [0, 0.05) is 29.8 Å². The van der Waals surface area contributed by atoms with Crippen LogP contribution in [0.15, 0.2) is 79.0 Å². The Kier molecular flexibility index (Phi) is 6.63. The molecule has 34 heavy (non-hydrogen) atoms. The van der Waals surface area contributed by atoms with E-state index in [-0.39, 0.29) is 17.7 Å². The van der Waals surface area contributed by atoms with Crippen LogP contribution < -0.4 is 0 Å². The van der Waals surface area contributed by atoms with E-state index in [4.69, 9.17) is 0 Å². The van der Waals surface area contributed by atoms with Crippen molar-refractivity contribution in [1.29, 1.82) is 0 Å². The lowest BCUT2D eigenvalue weighted by Crippen LogP contribution is -2.35. The van der Waals surface area contributed by atoms with Gasteiger partial charge in [-0.05, 0) is 42.3 Å². The largest absolute Gasteiger partial charge is 0.478 e. The van der Waals surface area contributed by atoms with Gasteiger partial charge in [0.05, 0.1) is 22.7 Å². The van der Waals surface area contributed by atoms with Crippen LogP contribution in [0.3, 0.4) is 0 Å². The first-order valence-electron chi connectivity index (χ1n) is 10.8. The number of nitrogens with zero attached hydrogens (tertiary/aromatic N) is 2. The van der Waals surface area contributed by atoms with E-state index in [9.17, 15) is 23.5 Å². The molecule has 1 aromatic heterocycles. The van der Waals surface area contributed by atoms with Crippen molar-refractivity contribution in [3.63, 3.8) is 0 Å². The number of amides is 1. The number of benzene rings is 3. The fraction of sp³-hybridized carbons (Fsp3) is 0.148. The minimum atomic E-state index is -1.09. The summed E-state index contributed by atoms with van der Waals surface area (Å²) in [4.78, 5) is 31.0. The Morgan fingerprint density at radius 1 is 0.971 bits per heavy atom. The van der Waals surface area contributed by atoms with Crippen molar-refractivity contribution in [1.82, 2.24) is 9.88 Å². The number of para-hydroxylation sites is 1. The molecule has 1 atom stereocenters. The smallest absolute Gasteiger partial charge is 0.335 e. The zero-order valence-electron chi connectivity index (χ0n) is 18.4. The molecule has 1 amide bonds. The highest BCUT2D eigenvalue weighted by Crippen LogP contribution is 2.31. The number of carbonyl (C=O) groups excluding carboxylic acids is 1. The summed E-state index contributed by atoms with van der Waals surface area (Å²) in [5.74, 6) is -2.94. The van der Waals surface area contributed by atoms with Crippen LogP contribution in [0.2, 0.25) is 0 Å². The molecule has 5 nitrogen and oxygen atoms in total. The van der Waals surface area contributed by atoms with Crippen LogP contribution in [0.5, 0.6) is 0 Å². The second-order valence-corrected chi connectivity index (χ2v) is 7.95. The molecule has 0 unspecified atom stereocenters. The number of halogens is 2. The molecule has 0 aliphatic heterocycles. The van der Waals surface area contributed by atoms with E-state index >= 15 is 0 Å². The Morgan fingerprint density at radius 3 is 2.50 bits per heavy atom. The predicted molar refractivity (Wildman–Crippen MR) is 124 cm³/mol. The SMILES string of the molecule is CC[C@H](c1ccc(F)cc1F)N(Cc1cccc(C(=O)O)c1)C(=O)c1cnc2ccccc2c1. The number of carboxylic acids is 1. The average molecular weight is 460 g/mol. The van der Waals surface area contributed by atoms with Crippen molar-refractivity contribution in [3.8, 4) is 0 Å². The van der Waals surface area contributed by atoms with E-state index < -0.39 is 29.6 Å². The van der Waals surface area contributed by atoms with Crippen LogP contribution in [0.1, 0.15) is 51.2 Å². The summed E-state index contributed by atoms with van der Waals surface area (Å²) in [5, 5.41) is 10.1. The van der Waals surface area contributed by atoms with E-state index in [1.54, 1.807) is 25.1 Å². The zero-order valence-corrected chi connectivity index (χ0v) is 18.4.